The van der Waals surface area contributed by atoms with E-state index in [0.29, 0.717) is 27.8 Å². The average molecular weight is 387 g/mol. The van der Waals surface area contributed by atoms with Crippen LogP contribution in [-0.2, 0) is 4.74 Å². The Balaban J connectivity index is 1.95. The van der Waals surface area contributed by atoms with Crippen LogP contribution in [0.1, 0.15) is 31.1 Å². The smallest absolute Gasteiger partial charge is 0.435 e. The summed E-state index contributed by atoms with van der Waals surface area (Å²) in [6.45, 7) is 5.27. The molecule has 3 aromatic rings. The molecule has 0 spiro atoms. The number of aromatic nitrogens is 2. The molecular formula is C19H19ClN4O3. The topological polar surface area (TPSA) is 99.2 Å². The lowest BCUT2D eigenvalue weighted by molar-refractivity contribution is 0.0522. The van der Waals surface area contributed by atoms with Crippen molar-refractivity contribution < 1.29 is 14.3 Å². The van der Waals surface area contributed by atoms with Crippen LogP contribution in [0.4, 0.5) is 16.2 Å². The Hall–Kier alpha value is -3.06. The maximum absolute atomic E-state index is 12.5. The van der Waals surface area contributed by atoms with Gasteiger partial charge in [-0.2, -0.15) is 4.68 Å². The molecule has 1 heterocycles. The van der Waals surface area contributed by atoms with E-state index in [1.54, 1.807) is 63.2 Å². The van der Waals surface area contributed by atoms with Crippen molar-refractivity contribution >= 4 is 45.9 Å². The van der Waals surface area contributed by atoms with Crippen LogP contribution in [0.15, 0.2) is 42.5 Å². The predicted octanol–water partition coefficient (Wildman–Crippen LogP) is 4.31. The number of anilines is 2. The molecule has 0 saturated heterocycles. The van der Waals surface area contributed by atoms with E-state index in [1.807, 2.05) is 0 Å². The third kappa shape index (κ3) is 4.03. The number of nitrogens with zero attached hydrogens (tertiary/aromatic N) is 2. The average Bonchev–Trinajstić information content (AvgIpc) is 2.90. The fourth-order valence-electron chi connectivity index (χ4n) is 2.50. The van der Waals surface area contributed by atoms with Gasteiger partial charge in [0.25, 0.3) is 5.91 Å². The van der Waals surface area contributed by atoms with E-state index in [9.17, 15) is 9.59 Å². The van der Waals surface area contributed by atoms with E-state index in [1.165, 1.54) is 0 Å². The number of fused-ring (bicyclic) bond motifs is 1. The molecule has 1 amide bonds. The highest BCUT2D eigenvalue weighted by molar-refractivity contribution is 6.34. The van der Waals surface area contributed by atoms with Crippen LogP contribution >= 0.6 is 11.6 Å². The first kappa shape index (κ1) is 18.7. The molecule has 0 aliphatic heterocycles. The molecular weight excluding hydrogens is 368 g/mol. The lowest BCUT2D eigenvalue weighted by Gasteiger charge is -2.19. The largest absolute Gasteiger partial charge is 0.442 e. The van der Waals surface area contributed by atoms with Crippen molar-refractivity contribution in [2.75, 3.05) is 11.1 Å². The first-order valence-electron chi connectivity index (χ1n) is 8.23. The number of amides is 1. The number of nitrogens with two attached hydrogens (primary N) is 1. The Kier molecular flexibility index (Phi) is 4.80. The third-order valence-corrected chi connectivity index (χ3v) is 3.94. The quantitative estimate of drug-likeness (QED) is 0.639. The highest BCUT2D eigenvalue weighted by Crippen LogP contribution is 2.27. The Morgan fingerprint density at radius 3 is 2.56 bits per heavy atom. The third-order valence-electron chi connectivity index (χ3n) is 3.67. The van der Waals surface area contributed by atoms with Crippen molar-refractivity contribution in [2.24, 2.45) is 0 Å². The monoisotopic (exact) mass is 386 g/mol. The molecule has 0 unspecified atom stereocenters. The van der Waals surface area contributed by atoms with E-state index in [-0.39, 0.29) is 11.1 Å². The molecule has 8 heteroatoms. The molecule has 7 nitrogen and oxygen atoms in total. The Morgan fingerprint density at radius 1 is 1.19 bits per heavy atom. The lowest BCUT2D eigenvalue weighted by atomic mass is 10.1. The maximum atomic E-state index is 12.5. The molecule has 3 N–H and O–H groups in total. The molecule has 3 rings (SSSR count). The molecule has 0 aliphatic carbocycles. The maximum Gasteiger partial charge on any atom is 0.435 e. The van der Waals surface area contributed by atoms with E-state index >= 15 is 0 Å². The van der Waals surface area contributed by atoms with Gasteiger partial charge in [-0.1, -0.05) is 23.7 Å². The molecule has 0 fully saturated rings. The molecule has 0 radical (unpaired) electrons. The highest BCUT2D eigenvalue weighted by atomic mass is 35.5. The number of carbonyl (C=O) groups is 2. The number of benzene rings is 2. The van der Waals surface area contributed by atoms with Crippen molar-refractivity contribution in [1.82, 2.24) is 9.78 Å². The van der Waals surface area contributed by atoms with Crippen LogP contribution in [0.3, 0.4) is 0 Å². The zero-order chi connectivity index (χ0) is 19.8. The molecule has 0 aliphatic rings. The first-order chi connectivity index (χ1) is 12.7. The second kappa shape index (κ2) is 6.92. The standard InChI is InChI=1S/C19H19ClN4O3/c1-19(2,3)27-18(26)24-15-10-11(8-9-13(15)16(20)23-24)22-17(25)12-6-4-5-7-14(12)21/h4-10H,21H2,1-3H3,(H,22,25). The predicted molar refractivity (Wildman–Crippen MR) is 105 cm³/mol. The van der Waals surface area contributed by atoms with Crippen molar-refractivity contribution in [3.05, 3.63) is 53.2 Å². The van der Waals surface area contributed by atoms with Gasteiger partial charge in [0.15, 0.2) is 5.15 Å². The molecule has 0 atom stereocenters. The normalized spacial score (nSPS) is 11.4. The van der Waals surface area contributed by atoms with E-state index in [4.69, 9.17) is 22.1 Å². The van der Waals surface area contributed by atoms with Gasteiger partial charge in [-0.15, -0.1) is 5.10 Å². The minimum Gasteiger partial charge on any atom is -0.442 e. The molecule has 0 bridgehead atoms. The van der Waals surface area contributed by atoms with E-state index in [0.717, 1.165) is 4.68 Å². The summed E-state index contributed by atoms with van der Waals surface area (Å²) < 4.78 is 6.43. The lowest BCUT2D eigenvalue weighted by Crippen LogP contribution is -2.27. The fourth-order valence-corrected chi connectivity index (χ4v) is 2.74. The number of hydrogen-bond acceptors (Lipinski definition) is 5. The summed E-state index contributed by atoms with van der Waals surface area (Å²) >= 11 is 6.12. The van der Waals surface area contributed by atoms with Gasteiger partial charge in [0, 0.05) is 16.8 Å². The summed E-state index contributed by atoms with van der Waals surface area (Å²) in [5.74, 6) is -0.359. The van der Waals surface area contributed by atoms with Gasteiger partial charge < -0.3 is 15.8 Å². The summed E-state index contributed by atoms with van der Waals surface area (Å²) in [5, 5.41) is 7.54. The zero-order valence-electron chi connectivity index (χ0n) is 15.1. The van der Waals surface area contributed by atoms with Crippen LogP contribution in [0.25, 0.3) is 10.9 Å². The number of rotatable bonds is 2. The van der Waals surface area contributed by atoms with Crippen molar-refractivity contribution in [3.63, 3.8) is 0 Å². The zero-order valence-corrected chi connectivity index (χ0v) is 15.9. The fraction of sp³-hybridized carbons (Fsp3) is 0.211. The van der Waals surface area contributed by atoms with Crippen LogP contribution in [0.5, 0.6) is 0 Å². The summed E-state index contributed by atoms with van der Waals surface area (Å²) in [7, 11) is 0. The minimum absolute atomic E-state index is 0.168. The molecule has 140 valence electrons. The number of nitrogen functional groups attached to an aromatic ring is 1. The summed E-state index contributed by atoms with van der Waals surface area (Å²) in [4.78, 5) is 24.9. The SMILES string of the molecule is CC(C)(C)OC(=O)n1nc(Cl)c2ccc(NC(=O)c3ccccc3N)cc21. The molecule has 27 heavy (non-hydrogen) atoms. The second-order valence-electron chi connectivity index (χ2n) is 6.96. The van der Waals surface area contributed by atoms with Crippen molar-refractivity contribution in [2.45, 2.75) is 26.4 Å². The Bertz CT molecular complexity index is 1040. The van der Waals surface area contributed by atoms with Crippen LogP contribution < -0.4 is 11.1 Å². The van der Waals surface area contributed by atoms with Gasteiger partial charge in [-0.25, -0.2) is 4.79 Å². The molecule has 2 aromatic carbocycles. The number of ether oxygens (including phenoxy) is 1. The van der Waals surface area contributed by atoms with Gasteiger partial charge >= 0.3 is 6.09 Å². The number of nitrogens with one attached hydrogen (secondary N) is 1. The summed E-state index contributed by atoms with van der Waals surface area (Å²) in [5.41, 5.74) is 6.78. The first-order valence-corrected chi connectivity index (χ1v) is 8.61. The van der Waals surface area contributed by atoms with Gasteiger partial charge in [0.2, 0.25) is 0 Å². The minimum atomic E-state index is -0.682. The van der Waals surface area contributed by atoms with Crippen molar-refractivity contribution in [3.8, 4) is 0 Å². The van der Waals surface area contributed by atoms with Gasteiger partial charge in [0.05, 0.1) is 11.1 Å². The van der Waals surface area contributed by atoms with E-state index < -0.39 is 11.7 Å². The number of halogens is 1. The number of hydrogen-bond donors (Lipinski definition) is 2. The summed E-state index contributed by atoms with van der Waals surface area (Å²) in [6, 6.07) is 11.7. The number of para-hydroxylation sites is 1. The summed E-state index contributed by atoms with van der Waals surface area (Å²) in [6.07, 6.45) is -0.657. The number of carbonyl (C=O) groups excluding carboxylic acids is 2. The van der Waals surface area contributed by atoms with Crippen LogP contribution in [0.2, 0.25) is 5.15 Å². The second-order valence-corrected chi connectivity index (χ2v) is 7.31. The Labute approximate surface area is 161 Å². The van der Waals surface area contributed by atoms with Crippen LogP contribution in [-0.4, -0.2) is 27.4 Å². The van der Waals surface area contributed by atoms with Gasteiger partial charge in [-0.3, -0.25) is 4.79 Å². The Morgan fingerprint density at radius 2 is 1.89 bits per heavy atom. The van der Waals surface area contributed by atoms with Gasteiger partial charge in [0.1, 0.15) is 5.60 Å². The molecule has 0 saturated carbocycles. The van der Waals surface area contributed by atoms with E-state index in [2.05, 4.69) is 10.4 Å². The van der Waals surface area contributed by atoms with Crippen molar-refractivity contribution in [1.29, 1.82) is 0 Å². The van der Waals surface area contributed by atoms with Crippen LogP contribution in [0, 0.1) is 0 Å². The highest BCUT2D eigenvalue weighted by Gasteiger charge is 2.22. The molecule has 1 aromatic heterocycles. The van der Waals surface area contributed by atoms with Gasteiger partial charge in [-0.05, 0) is 51.1 Å².